The third-order valence-corrected chi connectivity index (χ3v) is 1.65. The fraction of sp³-hybridized carbons (Fsp3) is 0. The Morgan fingerprint density at radius 2 is 2.30 bits per heavy atom. The Labute approximate surface area is 63.8 Å². The Kier molecular flexibility index (Phi) is 1.28. The third kappa shape index (κ3) is 0.849. The second-order valence-corrected chi connectivity index (χ2v) is 2.54. The van der Waals surface area contributed by atoms with E-state index in [1.54, 1.807) is 7.13 Å². The summed E-state index contributed by atoms with van der Waals surface area (Å²) in [5.41, 5.74) is 0.879. The molecule has 3 heteroatoms. The van der Waals surface area contributed by atoms with E-state index in [-0.39, 0.29) is 0 Å². The molecule has 0 aliphatic rings. The van der Waals surface area contributed by atoms with Gasteiger partial charge in [-0.3, -0.25) is 0 Å². The van der Waals surface area contributed by atoms with E-state index in [0.717, 1.165) is 16.0 Å². The first kappa shape index (κ1) is 5.99. The van der Waals surface area contributed by atoms with Crippen LogP contribution in [0.4, 0.5) is 0 Å². The second-order valence-electron chi connectivity index (χ2n) is 2.10. The zero-order valence-corrected chi connectivity index (χ0v) is 5.93. The van der Waals surface area contributed by atoms with E-state index in [4.69, 9.17) is 15.9 Å². The van der Waals surface area contributed by atoms with Crippen LogP contribution in [0.1, 0.15) is 0 Å². The predicted molar refractivity (Wildman–Crippen MR) is 42.6 cm³/mol. The van der Waals surface area contributed by atoms with Gasteiger partial charge in [0.25, 0.3) is 0 Å². The minimum absolute atomic E-state index is 0.744. The molecule has 1 heterocycles. The van der Waals surface area contributed by atoms with Crippen molar-refractivity contribution in [2.24, 2.45) is 0 Å². The molecule has 2 aromatic rings. The van der Waals surface area contributed by atoms with Crippen LogP contribution in [0.2, 0.25) is 5.02 Å². The van der Waals surface area contributed by atoms with E-state index in [2.05, 4.69) is 0 Å². The minimum atomic E-state index is 0.744. The first-order valence-corrected chi connectivity index (χ1v) is 3.37. The molecule has 0 spiro atoms. The van der Waals surface area contributed by atoms with Gasteiger partial charge >= 0.3 is 63.2 Å². The molecule has 0 radical (unpaired) electrons. The van der Waals surface area contributed by atoms with Crippen LogP contribution >= 0.6 is 11.6 Å². The molecule has 0 saturated carbocycles. The van der Waals surface area contributed by atoms with Gasteiger partial charge in [0.15, 0.2) is 0 Å². The van der Waals surface area contributed by atoms with Crippen LogP contribution in [0.5, 0.6) is 0 Å². The average Bonchev–Trinajstić information content (AvgIpc) is 2.33. The SMILES string of the molecule is Clc1ccc2obcc2c1. The summed E-state index contributed by atoms with van der Waals surface area (Å²) < 4.78 is 5.11. The number of halogens is 1. The van der Waals surface area contributed by atoms with Crippen LogP contribution in [-0.2, 0) is 0 Å². The topological polar surface area (TPSA) is 13.1 Å². The summed E-state index contributed by atoms with van der Waals surface area (Å²) in [6.45, 7) is 0. The summed E-state index contributed by atoms with van der Waals surface area (Å²) in [4.78, 5) is 0. The fourth-order valence-corrected chi connectivity index (χ4v) is 1.12. The van der Waals surface area contributed by atoms with Crippen LogP contribution < -0.4 is 0 Å². The molecule has 0 N–H and O–H groups in total. The van der Waals surface area contributed by atoms with Gasteiger partial charge in [-0.1, -0.05) is 0 Å². The maximum absolute atomic E-state index is 5.73. The summed E-state index contributed by atoms with van der Waals surface area (Å²) in [6.07, 6.45) is 0. The fourth-order valence-electron chi connectivity index (χ4n) is 0.938. The number of rotatable bonds is 0. The number of hydrogen-bond donors (Lipinski definition) is 0. The van der Waals surface area contributed by atoms with Gasteiger partial charge in [0, 0.05) is 0 Å². The molecule has 1 nitrogen and oxygen atoms in total. The number of fused-ring (bicyclic) bond motifs is 1. The van der Waals surface area contributed by atoms with Crippen LogP contribution in [0.3, 0.4) is 0 Å². The molecule has 0 fully saturated rings. The number of hydrogen-bond acceptors (Lipinski definition) is 1. The Balaban J connectivity index is 2.86. The molecule has 1 aromatic carbocycles. The summed E-state index contributed by atoms with van der Waals surface area (Å²) in [6, 6.07) is 5.55. The second kappa shape index (κ2) is 2.13. The predicted octanol–water partition coefficient (Wildman–Crippen LogP) is 2.42. The van der Waals surface area contributed by atoms with Gasteiger partial charge in [-0.15, -0.1) is 0 Å². The molecule has 1 aromatic heterocycles. The molecule has 10 heavy (non-hydrogen) atoms. The van der Waals surface area contributed by atoms with Crippen molar-refractivity contribution < 1.29 is 4.33 Å². The normalized spacial score (nSPS) is 10.1. The van der Waals surface area contributed by atoms with Crippen molar-refractivity contribution in [1.82, 2.24) is 0 Å². The summed E-state index contributed by atoms with van der Waals surface area (Å²) >= 11 is 5.73. The molecule has 0 aliphatic carbocycles. The van der Waals surface area contributed by atoms with Crippen LogP contribution in [0, 0.1) is 0 Å². The van der Waals surface area contributed by atoms with Gasteiger partial charge in [-0.2, -0.15) is 0 Å². The Hall–Kier alpha value is -0.755. The Morgan fingerprint density at radius 1 is 1.40 bits per heavy atom. The Morgan fingerprint density at radius 3 is 3.20 bits per heavy atom. The van der Waals surface area contributed by atoms with E-state index in [9.17, 15) is 0 Å². The van der Waals surface area contributed by atoms with Crippen LogP contribution in [0.15, 0.2) is 28.5 Å². The van der Waals surface area contributed by atoms with Crippen molar-refractivity contribution in [3.8, 4) is 0 Å². The zero-order valence-electron chi connectivity index (χ0n) is 5.17. The number of benzene rings is 1. The monoisotopic (exact) mass is 150 g/mol. The van der Waals surface area contributed by atoms with Crippen molar-refractivity contribution >= 4 is 29.7 Å². The van der Waals surface area contributed by atoms with E-state index in [1.807, 2.05) is 24.2 Å². The van der Waals surface area contributed by atoms with Crippen molar-refractivity contribution in [1.29, 1.82) is 0 Å². The van der Waals surface area contributed by atoms with Crippen molar-refractivity contribution in [3.05, 3.63) is 29.2 Å². The van der Waals surface area contributed by atoms with Crippen molar-refractivity contribution in [3.63, 3.8) is 0 Å². The summed E-state index contributed by atoms with van der Waals surface area (Å²) in [7, 11) is 1.65. The van der Waals surface area contributed by atoms with Gasteiger partial charge in [0.1, 0.15) is 0 Å². The van der Waals surface area contributed by atoms with Crippen molar-refractivity contribution in [2.75, 3.05) is 0 Å². The molecule has 0 atom stereocenters. The van der Waals surface area contributed by atoms with Gasteiger partial charge in [0.2, 0.25) is 0 Å². The first-order chi connectivity index (χ1) is 4.86. The van der Waals surface area contributed by atoms with Crippen LogP contribution in [0.25, 0.3) is 11.0 Å². The third-order valence-electron chi connectivity index (χ3n) is 1.41. The molecular weight excluding hydrogens is 146 g/mol. The van der Waals surface area contributed by atoms with Gasteiger partial charge in [-0.25, -0.2) is 0 Å². The van der Waals surface area contributed by atoms with Crippen LogP contribution in [-0.4, -0.2) is 7.13 Å². The molecule has 0 saturated heterocycles. The molecular formula is C7H4BClO. The van der Waals surface area contributed by atoms with Gasteiger partial charge in [-0.05, 0) is 0 Å². The van der Waals surface area contributed by atoms with Crippen molar-refractivity contribution in [2.45, 2.75) is 0 Å². The van der Waals surface area contributed by atoms with Gasteiger partial charge < -0.3 is 0 Å². The molecule has 48 valence electrons. The molecule has 2 rings (SSSR count). The zero-order chi connectivity index (χ0) is 6.97. The Bertz CT molecular complexity index is 355. The maximum atomic E-state index is 5.73. The standard InChI is InChI=1S/C7H4BClO/c9-6-1-2-7-5(3-6)4-8-10-7/h1-4H. The summed E-state index contributed by atoms with van der Waals surface area (Å²) in [5, 5.41) is 1.79. The average molecular weight is 150 g/mol. The van der Waals surface area contributed by atoms with E-state index >= 15 is 0 Å². The van der Waals surface area contributed by atoms with E-state index < -0.39 is 0 Å². The molecule has 0 aliphatic heterocycles. The summed E-state index contributed by atoms with van der Waals surface area (Å²) in [5.74, 6) is 1.89. The van der Waals surface area contributed by atoms with Gasteiger partial charge in [0.05, 0.1) is 0 Å². The molecule has 0 unspecified atom stereocenters. The molecule has 0 bridgehead atoms. The molecule has 0 amide bonds. The van der Waals surface area contributed by atoms with E-state index in [1.165, 1.54) is 0 Å². The van der Waals surface area contributed by atoms with E-state index in [0.29, 0.717) is 0 Å². The first-order valence-electron chi connectivity index (χ1n) is 2.99. The quantitative estimate of drug-likeness (QED) is 0.562.